The number of pyridine rings is 1. The monoisotopic (exact) mass is 773 g/mol. The molecule has 0 unspecified atom stereocenters. The van der Waals surface area contributed by atoms with Crippen molar-refractivity contribution >= 4 is 39.1 Å². The van der Waals surface area contributed by atoms with E-state index < -0.39 is 0 Å². The van der Waals surface area contributed by atoms with E-state index in [1.54, 1.807) is 0 Å². The molecule has 4 aromatic rings. The SMILES string of the molecule is CC(C)(C)c1ccc2c3c(nccc13)-c1[c-]c3ccccc3cc1S2.CCC(C)(CC)C(=O)/C=C(\O)C(C)(CC)CC.[Ir]. The molecule has 0 fully saturated rings. The Labute approximate surface area is 276 Å². The van der Waals surface area contributed by atoms with Gasteiger partial charge in [0.2, 0.25) is 0 Å². The summed E-state index contributed by atoms with van der Waals surface area (Å²) in [6, 6.07) is 21.0. The summed E-state index contributed by atoms with van der Waals surface area (Å²) in [5, 5.41) is 15.1. The number of nitrogens with zero attached hydrogens (tertiary/aromatic N) is 1. The van der Waals surface area contributed by atoms with Crippen LogP contribution < -0.4 is 0 Å². The van der Waals surface area contributed by atoms with Crippen LogP contribution in [0.25, 0.3) is 32.8 Å². The number of aromatic nitrogens is 1. The van der Waals surface area contributed by atoms with E-state index >= 15 is 0 Å². The fourth-order valence-corrected chi connectivity index (χ4v) is 6.52. The molecular weight excluding hydrogens is 727 g/mol. The van der Waals surface area contributed by atoms with Gasteiger partial charge in [-0.2, -0.15) is 0 Å². The van der Waals surface area contributed by atoms with Gasteiger partial charge in [-0.05, 0) is 64.5 Å². The van der Waals surface area contributed by atoms with E-state index in [-0.39, 0.29) is 47.9 Å². The van der Waals surface area contributed by atoms with Crippen molar-refractivity contribution in [3.8, 4) is 11.3 Å². The molecule has 1 aromatic heterocycles. The van der Waals surface area contributed by atoms with Crippen molar-refractivity contribution < 1.29 is 30.0 Å². The van der Waals surface area contributed by atoms with Crippen LogP contribution in [0.3, 0.4) is 0 Å². The van der Waals surface area contributed by atoms with Gasteiger partial charge < -0.3 is 5.11 Å². The number of rotatable bonds is 7. The van der Waals surface area contributed by atoms with Gasteiger partial charge in [-0.3, -0.25) is 9.78 Å². The van der Waals surface area contributed by atoms with Crippen LogP contribution >= 0.6 is 11.8 Å². The summed E-state index contributed by atoms with van der Waals surface area (Å²) >= 11 is 1.84. The number of allylic oxidation sites excluding steroid dienone is 2. The minimum Gasteiger partial charge on any atom is -0.512 e. The summed E-state index contributed by atoms with van der Waals surface area (Å²) in [6.45, 7) is 18.9. The zero-order chi connectivity index (χ0) is 30.9. The van der Waals surface area contributed by atoms with E-state index in [2.05, 4.69) is 75.4 Å². The average molecular weight is 773 g/mol. The first-order valence-corrected chi connectivity index (χ1v) is 16.1. The van der Waals surface area contributed by atoms with Crippen molar-refractivity contribution in [2.75, 3.05) is 0 Å². The topological polar surface area (TPSA) is 50.2 Å². The molecule has 0 saturated heterocycles. The van der Waals surface area contributed by atoms with Gasteiger partial charge in [-0.15, -0.1) is 35.3 Å². The largest absolute Gasteiger partial charge is 0.512 e. The molecular formula is C38H46IrNO2S-. The molecule has 5 rings (SSSR count). The Morgan fingerprint density at radius 2 is 1.51 bits per heavy atom. The molecule has 0 bridgehead atoms. The Bertz CT molecular complexity index is 1640. The van der Waals surface area contributed by atoms with Crippen LogP contribution in [0.5, 0.6) is 0 Å². The van der Waals surface area contributed by atoms with E-state index in [4.69, 9.17) is 4.98 Å². The van der Waals surface area contributed by atoms with E-state index in [0.717, 1.165) is 42.3 Å². The van der Waals surface area contributed by atoms with Crippen molar-refractivity contribution in [2.24, 2.45) is 10.8 Å². The second kappa shape index (κ2) is 13.7. The maximum atomic E-state index is 12.2. The average Bonchev–Trinajstić information content (AvgIpc) is 2.99. The molecule has 0 spiro atoms. The number of aliphatic hydroxyl groups is 1. The molecule has 231 valence electrons. The Morgan fingerprint density at radius 1 is 0.884 bits per heavy atom. The van der Waals surface area contributed by atoms with E-state index in [9.17, 15) is 9.90 Å². The molecule has 43 heavy (non-hydrogen) atoms. The maximum Gasteiger partial charge on any atom is 0.164 e. The third kappa shape index (κ3) is 6.95. The number of carbonyl (C=O) groups excluding carboxylic acids is 1. The second-order valence-corrected chi connectivity index (χ2v) is 14.2. The number of ketones is 1. The standard InChI is InChI=1S/C23H18NS.C15H28O2.Ir/c1-23(2,3)18-8-9-19-21-16(18)10-11-24-22(21)17-12-14-6-4-5-7-15(14)13-20(17)25-19;1-7-14(5,8-2)12(16)11-13(17)15(6,9-3)10-4;/h4-11,13H,1-3H3;11,16H,7-10H2,1-6H3;/q-1;;/b;12-11-;. The van der Waals surface area contributed by atoms with E-state index in [1.807, 2.05) is 59.5 Å². The van der Waals surface area contributed by atoms with Crippen molar-refractivity contribution in [3.63, 3.8) is 0 Å². The Hall–Kier alpha value is -2.46. The minimum absolute atomic E-state index is 0. The number of hydrogen-bond acceptors (Lipinski definition) is 4. The molecule has 0 amide bonds. The molecule has 0 atom stereocenters. The van der Waals surface area contributed by atoms with Crippen LogP contribution in [0.1, 0.15) is 93.6 Å². The number of aliphatic hydroxyl groups excluding tert-OH is 1. The van der Waals surface area contributed by atoms with Crippen molar-refractivity contribution in [1.82, 2.24) is 4.98 Å². The molecule has 2 heterocycles. The van der Waals surface area contributed by atoms with E-state index in [1.165, 1.54) is 37.6 Å². The molecule has 0 aliphatic carbocycles. The number of carbonyl (C=O) groups is 1. The van der Waals surface area contributed by atoms with Gasteiger partial charge in [0, 0.05) is 53.8 Å². The zero-order valence-electron chi connectivity index (χ0n) is 27.1. The zero-order valence-corrected chi connectivity index (χ0v) is 30.4. The predicted molar refractivity (Wildman–Crippen MR) is 179 cm³/mol. The van der Waals surface area contributed by atoms with Crippen molar-refractivity contribution in [1.29, 1.82) is 0 Å². The van der Waals surface area contributed by atoms with Gasteiger partial charge in [0.05, 0.1) is 0 Å². The maximum absolute atomic E-state index is 12.2. The quantitative estimate of drug-likeness (QED) is 0.102. The van der Waals surface area contributed by atoms with Crippen LogP contribution in [0, 0.1) is 16.9 Å². The fraction of sp³-hybridized carbons (Fsp3) is 0.421. The summed E-state index contributed by atoms with van der Waals surface area (Å²) < 4.78 is 0. The molecule has 1 aliphatic rings. The van der Waals surface area contributed by atoms with Crippen LogP contribution in [-0.4, -0.2) is 15.9 Å². The first kappa shape index (κ1) is 35.0. The molecule has 1 N–H and O–H groups in total. The van der Waals surface area contributed by atoms with E-state index in [0.29, 0.717) is 0 Å². The van der Waals surface area contributed by atoms with Crippen LogP contribution in [-0.2, 0) is 30.3 Å². The smallest absolute Gasteiger partial charge is 0.164 e. The Morgan fingerprint density at radius 3 is 2.12 bits per heavy atom. The third-order valence-corrected chi connectivity index (χ3v) is 10.6. The molecule has 0 saturated carbocycles. The minimum atomic E-state index is -0.337. The summed E-state index contributed by atoms with van der Waals surface area (Å²) in [5.74, 6) is 0.286. The summed E-state index contributed by atoms with van der Waals surface area (Å²) in [5.41, 5.74) is 3.08. The molecule has 3 nitrogen and oxygen atoms in total. The van der Waals surface area contributed by atoms with Crippen LogP contribution in [0.15, 0.2) is 76.4 Å². The van der Waals surface area contributed by atoms with Gasteiger partial charge in [0.15, 0.2) is 5.78 Å². The molecule has 1 radical (unpaired) electrons. The first-order chi connectivity index (χ1) is 19.8. The third-order valence-electron chi connectivity index (χ3n) is 9.51. The van der Waals surface area contributed by atoms with Gasteiger partial charge in [-0.25, -0.2) is 0 Å². The summed E-state index contributed by atoms with van der Waals surface area (Å²) in [6.07, 6.45) is 6.70. The van der Waals surface area contributed by atoms with Crippen molar-refractivity contribution in [3.05, 3.63) is 78.2 Å². The summed E-state index contributed by atoms with van der Waals surface area (Å²) in [4.78, 5) is 19.5. The first-order valence-electron chi connectivity index (χ1n) is 15.3. The van der Waals surface area contributed by atoms with Gasteiger partial charge in [0.25, 0.3) is 0 Å². The molecule has 3 aromatic carbocycles. The van der Waals surface area contributed by atoms with Crippen LogP contribution in [0.2, 0.25) is 0 Å². The summed E-state index contributed by atoms with van der Waals surface area (Å²) in [7, 11) is 0. The molecule has 5 heteroatoms. The van der Waals surface area contributed by atoms with Gasteiger partial charge in [-0.1, -0.05) is 97.5 Å². The second-order valence-electron chi connectivity index (χ2n) is 13.1. The van der Waals surface area contributed by atoms with Crippen LogP contribution in [0.4, 0.5) is 0 Å². The number of benzene rings is 3. The van der Waals surface area contributed by atoms with Gasteiger partial charge in [0.1, 0.15) is 5.76 Å². The number of fused-ring (bicyclic) bond motifs is 3. The number of hydrogen-bond donors (Lipinski definition) is 1. The normalized spacial score (nSPS) is 13.2. The van der Waals surface area contributed by atoms with Gasteiger partial charge >= 0.3 is 0 Å². The van der Waals surface area contributed by atoms with Crippen molar-refractivity contribution in [2.45, 2.75) is 103 Å². The molecule has 1 aliphatic heterocycles. The fourth-order valence-electron chi connectivity index (χ4n) is 5.40. The predicted octanol–water partition coefficient (Wildman–Crippen LogP) is 11.3. The Balaban J connectivity index is 0.000000250. The Kier molecular flexibility index (Phi) is 11.1.